The zero-order valence-electron chi connectivity index (χ0n) is 15.7. The summed E-state index contributed by atoms with van der Waals surface area (Å²) in [5.74, 6) is 0.165. The highest BCUT2D eigenvalue weighted by molar-refractivity contribution is 6.31. The molecule has 2 aromatic carbocycles. The molecule has 7 heteroatoms. The molecule has 0 radical (unpaired) electrons. The predicted octanol–water partition coefficient (Wildman–Crippen LogP) is 3.13. The van der Waals surface area contributed by atoms with E-state index in [1.54, 1.807) is 35.2 Å². The molecule has 2 N–H and O–H groups in total. The van der Waals surface area contributed by atoms with Gasteiger partial charge in [0, 0.05) is 23.8 Å². The number of nitrogens with zero attached hydrogens (tertiary/aromatic N) is 1. The van der Waals surface area contributed by atoms with Gasteiger partial charge in [0.25, 0.3) is 5.91 Å². The van der Waals surface area contributed by atoms with Gasteiger partial charge in [0.05, 0.1) is 25.2 Å². The Morgan fingerprint density at radius 2 is 1.86 bits per heavy atom. The molecule has 0 aromatic heterocycles. The summed E-state index contributed by atoms with van der Waals surface area (Å²) in [6.45, 7) is 1.19. The number of carbonyl (C=O) groups is 2. The molecule has 0 atom stereocenters. The maximum absolute atomic E-state index is 12.5. The summed E-state index contributed by atoms with van der Waals surface area (Å²) >= 11 is 5.98. The van der Waals surface area contributed by atoms with Gasteiger partial charge in [-0.3, -0.25) is 9.59 Å². The van der Waals surface area contributed by atoms with E-state index in [9.17, 15) is 14.7 Å². The molecule has 0 saturated carbocycles. The smallest absolute Gasteiger partial charge is 0.259 e. The van der Waals surface area contributed by atoms with E-state index in [-0.39, 0.29) is 17.9 Å². The number of rotatable bonds is 5. The second-order valence-electron chi connectivity index (χ2n) is 6.78. The van der Waals surface area contributed by atoms with Gasteiger partial charge in [0.2, 0.25) is 5.91 Å². The van der Waals surface area contributed by atoms with Crippen LogP contribution in [0, 0.1) is 0 Å². The molecule has 0 unspecified atom stereocenters. The number of halogens is 1. The highest BCUT2D eigenvalue weighted by atomic mass is 35.5. The molecular weight excluding hydrogens is 380 g/mol. The molecule has 3 rings (SSSR count). The van der Waals surface area contributed by atoms with Crippen molar-refractivity contribution in [1.82, 2.24) is 4.90 Å². The number of aliphatic hydroxyl groups excluding tert-OH is 1. The van der Waals surface area contributed by atoms with E-state index in [1.807, 2.05) is 12.1 Å². The Morgan fingerprint density at radius 3 is 2.50 bits per heavy atom. The molecule has 6 nitrogen and oxygen atoms in total. The van der Waals surface area contributed by atoms with Crippen LogP contribution in [-0.2, 0) is 11.2 Å². The van der Waals surface area contributed by atoms with Gasteiger partial charge in [-0.2, -0.15) is 0 Å². The first kappa shape index (κ1) is 20.2. The van der Waals surface area contributed by atoms with Gasteiger partial charge in [-0.05, 0) is 48.7 Å². The predicted molar refractivity (Wildman–Crippen MR) is 108 cm³/mol. The molecule has 1 heterocycles. The first-order valence-electron chi connectivity index (χ1n) is 9.16. The van der Waals surface area contributed by atoms with Gasteiger partial charge < -0.3 is 20.1 Å². The summed E-state index contributed by atoms with van der Waals surface area (Å²) < 4.78 is 5.21. The third-order valence-corrected chi connectivity index (χ3v) is 5.03. The van der Waals surface area contributed by atoms with E-state index in [4.69, 9.17) is 16.3 Å². The molecule has 1 aliphatic heterocycles. The van der Waals surface area contributed by atoms with Crippen LogP contribution in [0.25, 0.3) is 0 Å². The van der Waals surface area contributed by atoms with Gasteiger partial charge in [-0.1, -0.05) is 23.7 Å². The largest absolute Gasteiger partial charge is 0.496 e. The van der Waals surface area contributed by atoms with Crippen molar-refractivity contribution in [1.29, 1.82) is 0 Å². The number of methoxy groups -OCH3 is 1. The van der Waals surface area contributed by atoms with Crippen LogP contribution in [0.3, 0.4) is 0 Å². The van der Waals surface area contributed by atoms with Crippen LogP contribution in [0.4, 0.5) is 5.69 Å². The van der Waals surface area contributed by atoms with Gasteiger partial charge in [-0.25, -0.2) is 0 Å². The lowest BCUT2D eigenvalue weighted by Gasteiger charge is -2.29. The monoisotopic (exact) mass is 402 g/mol. The van der Waals surface area contributed by atoms with Crippen molar-refractivity contribution in [2.45, 2.75) is 25.4 Å². The number of hydrogen-bond acceptors (Lipinski definition) is 4. The fraction of sp³-hybridized carbons (Fsp3) is 0.333. The topological polar surface area (TPSA) is 78.9 Å². The Bertz CT molecular complexity index is 846. The van der Waals surface area contributed by atoms with Crippen LogP contribution in [0.5, 0.6) is 5.75 Å². The van der Waals surface area contributed by atoms with Crippen LogP contribution < -0.4 is 10.1 Å². The fourth-order valence-electron chi connectivity index (χ4n) is 3.16. The number of likely N-dealkylation sites (tertiary alicyclic amines) is 1. The summed E-state index contributed by atoms with van der Waals surface area (Å²) in [7, 11) is 1.49. The summed E-state index contributed by atoms with van der Waals surface area (Å²) in [5, 5.41) is 12.8. The van der Waals surface area contributed by atoms with Crippen LogP contribution in [0.2, 0.25) is 5.02 Å². The molecule has 28 heavy (non-hydrogen) atoms. The van der Waals surface area contributed by atoms with Crippen molar-refractivity contribution in [2.24, 2.45) is 0 Å². The first-order chi connectivity index (χ1) is 13.5. The normalized spacial score (nSPS) is 14.6. The number of aliphatic hydroxyl groups is 1. The fourth-order valence-corrected chi connectivity index (χ4v) is 3.34. The summed E-state index contributed by atoms with van der Waals surface area (Å²) in [5.41, 5.74) is 1.83. The number of carbonyl (C=O) groups excluding carboxylic acids is 2. The minimum atomic E-state index is -0.324. The van der Waals surface area contributed by atoms with E-state index in [1.165, 1.54) is 7.11 Å². The lowest BCUT2D eigenvalue weighted by molar-refractivity contribution is -0.132. The van der Waals surface area contributed by atoms with Crippen LogP contribution in [-0.4, -0.2) is 48.1 Å². The first-order valence-corrected chi connectivity index (χ1v) is 9.53. The van der Waals surface area contributed by atoms with Gasteiger partial charge in [0.1, 0.15) is 5.75 Å². The van der Waals surface area contributed by atoms with Crippen LogP contribution in [0.1, 0.15) is 28.8 Å². The van der Waals surface area contributed by atoms with Crippen molar-refractivity contribution in [3.05, 3.63) is 58.6 Å². The number of benzene rings is 2. The van der Waals surface area contributed by atoms with Crippen molar-refractivity contribution < 1.29 is 19.4 Å². The van der Waals surface area contributed by atoms with E-state index < -0.39 is 0 Å². The Labute approximate surface area is 169 Å². The standard InChI is InChI=1S/C21H23ClN2O4/c1-28-19-7-4-15(22)13-18(19)21(27)23-16-5-2-14(3-6-16)12-20(26)24-10-8-17(25)9-11-24/h2-7,13,17,25H,8-12H2,1H3,(H,23,27). The van der Waals surface area contributed by atoms with E-state index in [0.29, 0.717) is 54.4 Å². The minimum absolute atomic E-state index is 0.0485. The van der Waals surface area contributed by atoms with Crippen molar-refractivity contribution in [3.8, 4) is 5.75 Å². The SMILES string of the molecule is COc1ccc(Cl)cc1C(=O)Nc1ccc(CC(=O)N2CCC(O)CC2)cc1. The maximum atomic E-state index is 12.5. The second-order valence-corrected chi connectivity index (χ2v) is 7.22. The Balaban J connectivity index is 1.61. The summed E-state index contributed by atoms with van der Waals surface area (Å²) in [4.78, 5) is 26.7. The average molecular weight is 403 g/mol. The zero-order chi connectivity index (χ0) is 20.1. The Morgan fingerprint density at radius 1 is 1.18 bits per heavy atom. The number of amides is 2. The zero-order valence-corrected chi connectivity index (χ0v) is 16.4. The van der Waals surface area contributed by atoms with Crippen LogP contribution in [0.15, 0.2) is 42.5 Å². The highest BCUT2D eigenvalue weighted by Crippen LogP contribution is 2.24. The molecule has 0 bridgehead atoms. The second kappa shape index (κ2) is 9.08. The number of ether oxygens (including phenoxy) is 1. The Hall–Kier alpha value is -2.57. The van der Waals surface area contributed by atoms with Crippen LogP contribution >= 0.6 is 11.6 Å². The van der Waals surface area contributed by atoms with Crippen molar-refractivity contribution in [3.63, 3.8) is 0 Å². The molecular formula is C21H23ClN2O4. The molecule has 0 spiro atoms. The number of piperidine rings is 1. The van der Waals surface area contributed by atoms with E-state index in [2.05, 4.69) is 5.32 Å². The third kappa shape index (κ3) is 5.03. The number of nitrogens with one attached hydrogen (secondary N) is 1. The lowest BCUT2D eigenvalue weighted by atomic mass is 10.1. The highest BCUT2D eigenvalue weighted by Gasteiger charge is 2.21. The van der Waals surface area contributed by atoms with Gasteiger partial charge >= 0.3 is 0 Å². The molecule has 148 valence electrons. The van der Waals surface area contributed by atoms with Gasteiger partial charge in [-0.15, -0.1) is 0 Å². The Kier molecular flexibility index (Phi) is 6.54. The molecule has 1 fully saturated rings. The van der Waals surface area contributed by atoms with E-state index in [0.717, 1.165) is 5.56 Å². The average Bonchev–Trinajstić information content (AvgIpc) is 2.70. The van der Waals surface area contributed by atoms with Crippen molar-refractivity contribution >= 4 is 29.1 Å². The summed E-state index contributed by atoms with van der Waals surface area (Å²) in [6.07, 6.45) is 1.25. The molecule has 2 aromatic rings. The third-order valence-electron chi connectivity index (χ3n) is 4.79. The molecule has 2 amide bonds. The molecule has 1 aliphatic rings. The van der Waals surface area contributed by atoms with E-state index >= 15 is 0 Å². The minimum Gasteiger partial charge on any atom is -0.496 e. The summed E-state index contributed by atoms with van der Waals surface area (Å²) in [6, 6.07) is 12.0. The van der Waals surface area contributed by atoms with Crippen molar-refractivity contribution in [2.75, 3.05) is 25.5 Å². The number of anilines is 1. The molecule has 1 saturated heterocycles. The molecule has 0 aliphatic carbocycles. The number of hydrogen-bond donors (Lipinski definition) is 2. The quantitative estimate of drug-likeness (QED) is 0.805. The lowest BCUT2D eigenvalue weighted by Crippen LogP contribution is -2.40. The van der Waals surface area contributed by atoms with Gasteiger partial charge in [0.15, 0.2) is 0 Å². The maximum Gasteiger partial charge on any atom is 0.259 e.